The third-order valence-electron chi connectivity index (χ3n) is 3.20. The van der Waals surface area contributed by atoms with E-state index in [2.05, 4.69) is 50.7 Å². The lowest BCUT2D eigenvalue weighted by Crippen LogP contribution is -1.92. The Kier molecular flexibility index (Phi) is 2.76. The Morgan fingerprint density at radius 2 is 2.11 bits per heavy atom. The van der Waals surface area contributed by atoms with E-state index in [4.69, 9.17) is 0 Å². The Morgan fingerprint density at radius 1 is 1.22 bits per heavy atom. The van der Waals surface area contributed by atoms with E-state index in [1.54, 1.807) is 0 Å². The highest BCUT2D eigenvalue weighted by Gasteiger charge is 2.04. The Balaban J connectivity index is 1.76. The number of fused-ring (bicyclic) bond motifs is 1. The molecule has 0 unspecified atom stereocenters. The predicted molar refractivity (Wildman–Crippen MR) is 73.8 cm³/mol. The van der Waals surface area contributed by atoms with Crippen LogP contribution >= 0.6 is 0 Å². The van der Waals surface area contributed by atoms with Crippen molar-refractivity contribution < 1.29 is 0 Å². The molecule has 92 valence electrons. The number of aromatic amines is 2. The summed E-state index contributed by atoms with van der Waals surface area (Å²) in [5, 5.41) is 4.31. The molecule has 0 aliphatic rings. The van der Waals surface area contributed by atoms with Crippen molar-refractivity contribution in [3.05, 3.63) is 47.9 Å². The number of nitrogens with one attached hydrogen (secondary N) is 3. The Morgan fingerprint density at radius 3 is 2.94 bits per heavy atom. The molecule has 2 aromatic heterocycles. The second kappa shape index (κ2) is 4.56. The van der Waals surface area contributed by atoms with E-state index in [0.29, 0.717) is 0 Å². The average molecular weight is 240 g/mol. The number of hydrogen-bond donors (Lipinski definition) is 3. The molecule has 0 atom stereocenters. The Hall–Kier alpha value is -2.23. The first kappa shape index (κ1) is 10.9. The van der Waals surface area contributed by atoms with Crippen LogP contribution in [0.5, 0.6) is 0 Å². The van der Waals surface area contributed by atoms with Crippen LogP contribution in [0.4, 0.5) is 5.95 Å². The SMILES string of the molecule is CNc1ncc(CCc2c[nH]c3ccccc23)[nH]1. The summed E-state index contributed by atoms with van der Waals surface area (Å²) in [6, 6.07) is 8.40. The number of nitrogens with zero attached hydrogens (tertiary/aromatic N) is 1. The number of hydrogen-bond acceptors (Lipinski definition) is 2. The van der Waals surface area contributed by atoms with Crippen LogP contribution in [0.15, 0.2) is 36.7 Å². The van der Waals surface area contributed by atoms with Gasteiger partial charge in [0.15, 0.2) is 5.95 Å². The van der Waals surface area contributed by atoms with Gasteiger partial charge in [0.25, 0.3) is 0 Å². The monoisotopic (exact) mass is 240 g/mol. The number of para-hydroxylation sites is 1. The Bertz CT molecular complexity index is 650. The average Bonchev–Trinajstić information content (AvgIpc) is 3.03. The highest BCUT2D eigenvalue weighted by atomic mass is 15.1. The van der Waals surface area contributed by atoms with E-state index < -0.39 is 0 Å². The predicted octanol–water partition coefficient (Wildman–Crippen LogP) is 2.72. The Labute approximate surface area is 105 Å². The zero-order valence-electron chi connectivity index (χ0n) is 10.3. The van der Waals surface area contributed by atoms with Gasteiger partial charge in [0, 0.05) is 29.8 Å². The summed E-state index contributed by atoms with van der Waals surface area (Å²) in [5.74, 6) is 0.823. The second-order valence-electron chi connectivity index (χ2n) is 4.37. The molecule has 4 nitrogen and oxygen atoms in total. The van der Waals surface area contributed by atoms with Crippen molar-refractivity contribution in [2.45, 2.75) is 12.8 Å². The van der Waals surface area contributed by atoms with Gasteiger partial charge in [0.05, 0.1) is 6.20 Å². The van der Waals surface area contributed by atoms with Crippen molar-refractivity contribution in [1.29, 1.82) is 0 Å². The second-order valence-corrected chi connectivity index (χ2v) is 4.37. The van der Waals surface area contributed by atoms with Gasteiger partial charge in [0.2, 0.25) is 0 Å². The summed E-state index contributed by atoms with van der Waals surface area (Å²) < 4.78 is 0. The van der Waals surface area contributed by atoms with Crippen molar-refractivity contribution in [3.63, 3.8) is 0 Å². The van der Waals surface area contributed by atoms with Gasteiger partial charge in [-0.2, -0.15) is 0 Å². The normalized spacial score (nSPS) is 10.9. The smallest absolute Gasteiger partial charge is 0.200 e. The van der Waals surface area contributed by atoms with E-state index in [1.165, 1.54) is 16.5 Å². The molecular formula is C14H16N4. The largest absolute Gasteiger partial charge is 0.361 e. The summed E-state index contributed by atoms with van der Waals surface area (Å²) in [4.78, 5) is 10.8. The molecule has 0 saturated heterocycles. The maximum Gasteiger partial charge on any atom is 0.200 e. The van der Waals surface area contributed by atoms with Gasteiger partial charge in [-0.15, -0.1) is 0 Å². The molecule has 4 heteroatoms. The standard InChI is InChI=1S/C14H16N4/c1-15-14-17-9-11(18-14)7-6-10-8-16-13-5-3-2-4-12(10)13/h2-5,8-9,16H,6-7H2,1H3,(H2,15,17,18). The molecule has 0 fully saturated rings. The number of aromatic nitrogens is 3. The van der Waals surface area contributed by atoms with E-state index in [1.807, 2.05) is 13.2 Å². The van der Waals surface area contributed by atoms with Crippen LogP contribution in [0.1, 0.15) is 11.3 Å². The van der Waals surface area contributed by atoms with Crippen LogP contribution < -0.4 is 5.32 Å². The van der Waals surface area contributed by atoms with Gasteiger partial charge in [-0.3, -0.25) is 0 Å². The molecule has 1 aromatic carbocycles. The third-order valence-corrected chi connectivity index (χ3v) is 3.20. The molecule has 0 radical (unpaired) electrons. The van der Waals surface area contributed by atoms with Crippen molar-refractivity contribution in [3.8, 4) is 0 Å². The van der Waals surface area contributed by atoms with Crippen LogP contribution in [0.25, 0.3) is 10.9 Å². The maximum absolute atomic E-state index is 4.22. The molecule has 0 spiro atoms. The van der Waals surface area contributed by atoms with Crippen molar-refractivity contribution in [1.82, 2.24) is 15.0 Å². The van der Waals surface area contributed by atoms with Crippen molar-refractivity contribution in [2.75, 3.05) is 12.4 Å². The number of H-pyrrole nitrogens is 2. The minimum Gasteiger partial charge on any atom is -0.361 e. The maximum atomic E-state index is 4.22. The summed E-state index contributed by atoms with van der Waals surface area (Å²) in [6.45, 7) is 0. The zero-order chi connectivity index (χ0) is 12.4. The zero-order valence-corrected chi connectivity index (χ0v) is 10.3. The summed E-state index contributed by atoms with van der Waals surface area (Å²) in [6.07, 6.45) is 5.96. The molecule has 3 rings (SSSR count). The molecule has 0 bridgehead atoms. The minimum atomic E-state index is 0.823. The van der Waals surface area contributed by atoms with E-state index in [0.717, 1.165) is 24.5 Å². The lowest BCUT2D eigenvalue weighted by atomic mass is 10.1. The van der Waals surface area contributed by atoms with Crippen LogP contribution in [0.2, 0.25) is 0 Å². The molecule has 0 saturated carbocycles. The fourth-order valence-corrected chi connectivity index (χ4v) is 2.22. The topological polar surface area (TPSA) is 56.5 Å². The summed E-state index contributed by atoms with van der Waals surface area (Å²) in [7, 11) is 1.86. The van der Waals surface area contributed by atoms with Gasteiger partial charge in [-0.05, 0) is 24.5 Å². The van der Waals surface area contributed by atoms with Gasteiger partial charge in [-0.1, -0.05) is 18.2 Å². The molecule has 3 aromatic rings. The number of anilines is 1. The van der Waals surface area contributed by atoms with Gasteiger partial charge in [-0.25, -0.2) is 4.98 Å². The highest BCUT2D eigenvalue weighted by Crippen LogP contribution is 2.19. The number of rotatable bonds is 4. The van der Waals surface area contributed by atoms with E-state index in [-0.39, 0.29) is 0 Å². The molecule has 18 heavy (non-hydrogen) atoms. The third kappa shape index (κ3) is 1.97. The molecule has 0 aliphatic carbocycles. The molecule has 0 amide bonds. The minimum absolute atomic E-state index is 0.823. The van der Waals surface area contributed by atoms with Gasteiger partial charge in [0.1, 0.15) is 0 Å². The molecular weight excluding hydrogens is 224 g/mol. The summed E-state index contributed by atoms with van der Waals surface area (Å²) in [5.41, 5.74) is 3.71. The lowest BCUT2D eigenvalue weighted by Gasteiger charge is -1.98. The van der Waals surface area contributed by atoms with Crippen LogP contribution in [0, 0.1) is 0 Å². The van der Waals surface area contributed by atoms with Crippen molar-refractivity contribution >= 4 is 16.9 Å². The van der Waals surface area contributed by atoms with Crippen molar-refractivity contribution in [2.24, 2.45) is 0 Å². The number of imidazole rings is 1. The number of benzene rings is 1. The number of aryl methyl sites for hydroxylation is 2. The van der Waals surface area contributed by atoms with Crippen LogP contribution in [0.3, 0.4) is 0 Å². The highest BCUT2D eigenvalue weighted by molar-refractivity contribution is 5.83. The first-order valence-electron chi connectivity index (χ1n) is 6.13. The summed E-state index contributed by atoms with van der Waals surface area (Å²) >= 11 is 0. The van der Waals surface area contributed by atoms with E-state index in [9.17, 15) is 0 Å². The van der Waals surface area contributed by atoms with E-state index >= 15 is 0 Å². The quantitative estimate of drug-likeness (QED) is 0.656. The fraction of sp³-hybridized carbons (Fsp3) is 0.214. The lowest BCUT2D eigenvalue weighted by molar-refractivity contribution is 0.932. The van der Waals surface area contributed by atoms with Gasteiger partial charge < -0.3 is 15.3 Å². The van der Waals surface area contributed by atoms with Crippen LogP contribution in [-0.4, -0.2) is 22.0 Å². The van der Waals surface area contributed by atoms with Gasteiger partial charge >= 0.3 is 0 Å². The molecule has 2 heterocycles. The molecule has 3 N–H and O–H groups in total. The first-order valence-corrected chi connectivity index (χ1v) is 6.13. The fourth-order valence-electron chi connectivity index (χ4n) is 2.22. The first-order chi connectivity index (χ1) is 8.86. The van der Waals surface area contributed by atoms with Crippen LogP contribution in [-0.2, 0) is 12.8 Å². The molecule has 0 aliphatic heterocycles.